The lowest BCUT2D eigenvalue weighted by Gasteiger charge is -2.14. The molecule has 0 aliphatic rings. The minimum atomic E-state index is -0.160. The molecule has 0 radical (unpaired) electrons. The van der Waals surface area contributed by atoms with E-state index >= 15 is 0 Å². The van der Waals surface area contributed by atoms with Crippen LogP contribution in [0.3, 0.4) is 0 Å². The second-order valence-corrected chi connectivity index (χ2v) is 4.59. The third-order valence-corrected chi connectivity index (χ3v) is 2.68. The van der Waals surface area contributed by atoms with Gasteiger partial charge in [-0.2, -0.15) is 0 Å². The molecule has 0 bridgehead atoms. The minimum absolute atomic E-state index is 0.0394. The van der Waals surface area contributed by atoms with Gasteiger partial charge < -0.3 is 5.73 Å². The molecule has 0 heterocycles. The number of halogens is 1. The van der Waals surface area contributed by atoms with Gasteiger partial charge in [0, 0.05) is 6.04 Å². The van der Waals surface area contributed by atoms with Gasteiger partial charge in [-0.15, -0.1) is 0 Å². The van der Waals surface area contributed by atoms with E-state index in [0.717, 1.165) is 18.4 Å². The maximum absolute atomic E-state index is 13.3. The molecule has 1 aromatic rings. The Hall–Kier alpha value is -0.890. The molecular formula is C13H20FN. The first kappa shape index (κ1) is 12.2. The lowest BCUT2D eigenvalue weighted by molar-refractivity contribution is 0.505. The maximum atomic E-state index is 13.3. The fourth-order valence-electron chi connectivity index (χ4n) is 1.52. The Balaban J connectivity index is 2.65. The Morgan fingerprint density at radius 3 is 2.47 bits per heavy atom. The second-order valence-electron chi connectivity index (χ2n) is 4.59. The normalized spacial score (nSPS) is 13.2. The third-order valence-electron chi connectivity index (χ3n) is 2.68. The van der Waals surface area contributed by atoms with Crippen molar-refractivity contribution in [3.05, 3.63) is 35.1 Å². The molecule has 1 aromatic carbocycles. The number of hydrogen-bond donors (Lipinski definition) is 1. The molecule has 1 rings (SSSR count). The van der Waals surface area contributed by atoms with Crippen molar-refractivity contribution >= 4 is 0 Å². The average Bonchev–Trinajstić information content (AvgIpc) is 2.18. The summed E-state index contributed by atoms with van der Waals surface area (Å²) in [4.78, 5) is 0. The number of nitrogens with two attached hydrogens (primary N) is 1. The van der Waals surface area contributed by atoms with Crippen LogP contribution in [-0.2, 0) is 0 Å². The fourth-order valence-corrected chi connectivity index (χ4v) is 1.52. The maximum Gasteiger partial charge on any atom is 0.126 e. The van der Waals surface area contributed by atoms with E-state index in [1.807, 2.05) is 6.07 Å². The summed E-state index contributed by atoms with van der Waals surface area (Å²) >= 11 is 0. The van der Waals surface area contributed by atoms with E-state index in [4.69, 9.17) is 5.73 Å². The molecule has 15 heavy (non-hydrogen) atoms. The number of benzene rings is 1. The zero-order valence-corrected chi connectivity index (χ0v) is 9.76. The standard InChI is InChI=1S/C13H20FN/c1-9(2)4-7-13(15)11-6-5-10(3)12(14)8-11/h5-6,8-9,13H,4,7,15H2,1-3H3/t13-/m1/s1. The molecule has 1 nitrogen and oxygen atoms in total. The zero-order valence-electron chi connectivity index (χ0n) is 9.76. The van der Waals surface area contributed by atoms with Gasteiger partial charge in [-0.25, -0.2) is 4.39 Å². The smallest absolute Gasteiger partial charge is 0.126 e. The van der Waals surface area contributed by atoms with Gasteiger partial charge in [0.2, 0.25) is 0 Å². The minimum Gasteiger partial charge on any atom is -0.324 e. The highest BCUT2D eigenvalue weighted by Crippen LogP contribution is 2.20. The van der Waals surface area contributed by atoms with Gasteiger partial charge in [0.15, 0.2) is 0 Å². The van der Waals surface area contributed by atoms with Gasteiger partial charge in [-0.05, 0) is 42.9 Å². The van der Waals surface area contributed by atoms with Gasteiger partial charge in [0.25, 0.3) is 0 Å². The van der Waals surface area contributed by atoms with E-state index in [2.05, 4.69) is 13.8 Å². The summed E-state index contributed by atoms with van der Waals surface area (Å²) in [5, 5.41) is 0. The Kier molecular flexibility index (Phi) is 4.28. The monoisotopic (exact) mass is 209 g/mol. The summed E-state index contributed by atoms with van der Waals surface area (Å²) in [6.07, 6.45) is 2.00. The molecule has 84 valence electrons. The quantitative estimate of drug-likeness (QED) is 0.806. The molecule has 0 aliphatic carbocycles. The van der Waals surface area contributed by atoms with Crippen molar-refractivity contribution in [1.29, 1.82) is 0 Å². The molecule has 0 saturated carbocycles. The second kappa shape index (κ2) is 5.26. The number of hydrogen-bond acceptors (Lipinski definition) is 1. The van der Waals surface area contributed by atoms with Crippen LogP contribution in [0, 0.1) is 18.7 Å². The number of aryl methyl sites for hydroxylation is 1. The van der Waals surface area contributed by atoms with Crippen LogP contribution in [-0.4, -0.2) is 0 Å². The molecule has 0 amide bonds. The highest BCUT2D eigenvalue weighted by Gasteiger charge is 2.08. The molecule has 0 fully saturated rings. The Morgan fingerprint density at radius 2 is 1.93 bits per heavy atom. The molecule has 0 unspecified atom stereocenters. The molecule has 2 heteroatoms. The van der Waals surface area contributed by atoms with Crippen molar-refractivity contribution in [1.82, 2.24) is 0 Å². The van der Waals surface area contributed by atoms with Crippen molar-refractivity contribution in [2.45, 2.75) is 39.7 Å². The Bertz CT molecular complexity index is 320. The predicted molar refractivity (Wildman–Crippen MR) is 62.1 cm³/mol. The topological polar surface area (TPSA) is 26.0 Å². The molecular weight excluding hydrogens is 189 g/mol. The summed E-state index contributed by atoms with van der Waals surface area (Å²) in [5.74, 6) is 0.485. The van der Waals surface area contributed by atoms with Crippen molar-refractivity contribution in [3.8, 4) is 0 Å². The lowest BCUT2D eigenvalue weighted by atomic mass is 9.97. The first-order valence-electron chi connectivity index (χ1n) is 5.52. The van der Waals surface area contributed by atoms with Crippen LogP contribution in [0.4, 0.5) is 4.39 Å². The van der Waals surface area contributed by atoms with E-state index < -0.39 is 0 Å². The highest BCUT2D eigenvalue weighted by atomic mass is 19.1. The van der Waals surface area contributed by atoms with Crippen molar-refractivity contribution < 1.29 is 4.39 Å². The number of rotatable bonds is 4. The van der Waals surface area contributed by atoms with Crippen LogP contribution in [0.5, 0.6) is 0 Å². The predicted octanol–water partition coefficient (Wildman–Crippen LogP) is 3.57. The Labute approximate surface area is 91.5 Å². The van der Waals surface area contributed by atoms with Crippen molar-refractivity contribution in [2.75, 3.05) is 0 Å². The van der Waals surface area contributed by atoms with Gasteiger partial charge in [-0.3, -0.25) is 0 Å². The van der Waals surface area contributed by atoms with E-state index in [1.165, 1.54) is 0 Å². The van der Waals surface area contributed by atoms with E-state index in [1.54, 1.807) is 19.1 Å². The van der Waals surface area contributed by atoms with Crippen LogP contribution in [0.1, 0.15) is 43.9 Å². The van der Waals surface area contributed by atoms with E-state index in [0.29, 0.717) is 11.5 Å². The summed E-state index contributed by atoms with van der Waals surface area (Å²) in [5.41, 5.74) is 7.57. The Morgan fingerprint density at radius 1 is 1.27 bits per heavy atom. The van der Waals surface area contributed by atoms with Crippen molar-refractivity contribution in [2.24, 2.45) is 11.7 Å². The van der Waals surface area contributed by atoms with Crippen LogP contribution in [0.15, 0.2) is 18.2 Å². The van der Waals surface area contributed by atoms with Crippen LogP contribution < -0.4 is 5.73 Å². The van der Waals surface area contributed by atoms with E-state index in [-0.39, 0.29) is 11.9 Å². The molecule has 0 aliphatic heterocycles. The first-order chi connectivity index (χ1) is 7.00. The van der Waals surface area contributed by atoms with Gasteiger partial charge >= 0.3 is 0 Å². The van der Waals surface area contributed by atoms with Gasteiger partial charge in [0.05, 0.1) is 0 Å². The van der Waals surface area contributed by atoms with Crippen LogP contribution >= 0.6 is 0 Å². The lowest BCUT2D eigenvalue weighted by Crippen LogP contribution is -2.11. The summed E-state index contributed by atoms with van der Waals surface area (Å²) in [6, 6.07) is 5.23. The molecule has 1 atom stereocenters. The van der Waals surface area contributed by atoms with Crippen molar-refractivity contribution in [3.63, 3.8) is 0 Å². The van der Waals surface area contributed by atoms with Crippen LogP contribution in [0.25, 0.3) is 0 Å². The zero-order chi connectivity index (χ0) is 11.4. The van der Waals surface area contributed by atoms with Gasteiger partial charge in [0.1, 0.15) is 5.82 Å². The summed E-state index contributed by atoms with van der Waals surface area (Å²) in [6.45, 7) is 6.10. The summed E-state index contributed by atoms with van der Waals surface area (Å²) < 4.78 is 13.3. The SMILES string of the molecule is Cc1ccc([C@H](N)CCC(C)C)cc1F. The highest BCUT2D eigenvalue weighted by molar-refractivity contribution is 5.25. The largest absolute Gasteiger partial charge is 0.324 e. The van der Waals surface area contributed by atoms with E-state index in [9.17, 15) is 4.39 Å². The third kappa shape index (κ3) is 3.63. The van der Waals surface area contributed by atoms with Crippen LogP contribution in [0.2, 0.25) is 0 Å². The van der Waals surface area contributed by atoms with Gasteiger partial charge in [-0.1, -0.05) is 26.0 Å². The molecule has 2 N–H and O–H groups in total. The molecule has 0 saturated heterocycles. The average molecular weight is 209 g/mol. The molecule has 0 spiro atoms. The fraction of sp³-hybridized carbons (Fsp3) is 0.538. The first-order valence-corrected chi connectivity index (χ1v) is 5.52. The molecule has 0 aromatic heterocycles. The summed E-state index contributed by atoms with van der Waals surface area (Å²) in [7, 11) is 0.